The molecule has 3 nitrogen and oxygen atoms in total. The molecule has 0 fully saturated rings. The Morgan fingerprint density at radius 1 is 0.909 bits per heavy atom. The van der Waals surface area contributed by atoms with Gasteiger partial charge in [-0.05, 0) is 22.9 Å². The van der Waals surface area contributed by atoms with E-state index >= 15 is 0 Å². The first-order valence-corrected chi connectivity index (χ1v) is 7.26. The summed E-state index contributed by atoms with van der Waals surface area (Å²) in [7, 11) is 1.99. The van der Waals surface area contributed by atoms with Gasteiger partial charge in [-0.3, -0.25) is 0 Å². The smallest absolute Gasteiger partial charge is 0.230 e. The highest BCUT2D eigenvalue weighted by molar-refractivity contribution is 6.00. The van der Waals surface area contributed by atoms with Crippen LogP contribution >= 0.6 is 0 Å². The fourth-order valence-corrected chi connectivity index (χ4v) is 2.74. The average Bonchev–Trinajstić information content (AvgIpc) is 2.89. The summed E-state index contributed by atoms with van der Waals surface area (Å²) in [5.74, 6) is 0.717. The molecule has 0 bridgehead atoms. The maximum Gasteiger partial charge on any atom is 0.230 e. The Hall–Kier alpha value is -2.94. The van der Waals surface area contributed by atoms with Crippen LogP contribution in [-0.4, -0.2) is 15.8 Å². The summed E-state index contributed by atoms with van der Waals surface area (Å²) in [6, 6.07) is 22.6. The number of aryl methyl sites for hydroxylation is 1. The van der Waals surface area contributed by atoms with Crippen LogP contribution in [0.5, 0.6) is 0 Å². The van der Waals surface area contributed by atoms with Crippen molar-refractivity contribution < 1.29 is 0 Å². The molecule has 0 radical (unpaired) electrons. The second kappa shape index (κ2) is 5.11. The minimum Gasteiger partial charge on any atom is -0.311 e. The van der Waals surface area contributed by atoms with E-state index in [0.29, 0.717) is 5.95 Å². The highest BCUT2D eigenvalue weighted by Gasteiger charge is 2.05. The molecule has 0 unspecified atom stereocenters. The Morgan fingerprint density at radius 3 is 2.59 bits per heavy atom. The molecule has 22 heavy (non-hydrogen) atoms. The molecule has 1 heterocycles. The van der Waals surface area contributed by atoms with Crippen LogP contribution in [0.15, 0.2) is 71.7 Å². The molecule has 0 aliphatic carbocycles. The lowest BCUT2D eigenvalue weighted by Gasteiger charge is -2.01. The number of fused-ring (bicyclic) bond motifs is 2. The van der Waals surface area contributed by atoms with E-state index in [9.17, 15) is 0 Å². The van der Waals surface area contributed by atoms with Crippen molar-refractivity contribution in [3.8, 4) is 0 Å². The number of hydrogen-bond acceptors (Lipinski definition) is 2. The quantitative estimate of drug-likeness (QED) is 0.499. The van der Waals surface area contributed by atoms with Crippen LogP contribution in [0, 0.1) is 0 Å². The van der Waals surface area contributed by atoms with E-state index in [1.54, 1.807) is 0 Å². The number of rotatable bonds is 2. The van der Waals surface area contributed by atoms with Crippen LogP contribution in [0.3, 0.4) is 0 Å². The molecule has 4 rings (SSSR count). The minimum absolute atomic E-state index is 0.717. The molecule has 0 spiro atoms. The lowest BCUT2D eigenvalue weighted by Crippen LogP contribution is -1.88. The molecule has 0 aliphatic heterocycles. The largest absolute Gasteiger partial charge is 0.311 e. The van der Waals surface area contributed by atoms with E-state index in [2.05, 4.69) is 58.5 Å². The van der Waals surface area contributed by atoms with Gasteiger partial charge in [0.15, 0.2) is 0 Å². The predicted molar refractivity (Wildman–Crippen MR) is 91.9 cm³/mol. The monoisotopic (exact) mass is 285 g/mol. The molecule has 0 saturated heterocycles. The van der Waals surface area contributed by atoms with E-state index in [-0.39, 0.29) is 0 Å². The first kappa shape index (κ1) is 12.8. The molecule has 106 valence electrons. The molecule has 3 aromatic carbocycles. The van der Waals surface area contributed by atoms with Crippen LogP contribution < -0.4 is 0 Å². The van der Waals surface area contributed by atoms with Gasteiger partial charge in [-0.1, -0.05) is 54.6 Å². The van der Waals surface area contributed by atoms with E-state index < -0.39 is 0 Å². The molecule has 0 atom stereocenters. The lowest BCUT2D eigenvalue weighted by atomic mass is 10.1. The van der Waals surface area contributed by atoms with Gasteiger partial charge in [-0.25, -0.2) is 9.98 Å². The molecule has 4 aromatic rings. The van der Waals surface area contributed by atoms with Gasteiger partial charge in [0.1, 0.15) is 0 Å². The SMILES string of the molecule is Cn1c(N=Cc2cccc3ccccc23)nc2ccccc21. The van der Waals surface area contributed by atoms with E-state index in [4.69, 9.17) is 0 Å². The summed E-state index contributed by atoms with van der Waals surface area (Å²) < 4.78 is 2.01. The standard InChI is InChI=1S/C19H15N3/c1-22-18-12-5-4-11-17(18)21-19(22)20-13-15-9-6-8-14-7-2-3-10-16(14)15/h2-13H,1H3. The van der Waals surface area contributed by atoms with Gasteiger partial charge >= 0.3 is 0 Å². The summed E-state index contributed by atoms with van der Waals surface area (Å²) in [5.41, 5.74) is 3.16. The Balaban J connectivity index is 1.81. The number of hydrogen-bond donors (Lipinski definition) is 0. The number of aliphatic imine (C=N–C) groups is 1. The van der Waals surface area contributed by atoms with Gasteiger partial charge < -0.3 is 4.57 Å². The number of para-hydroxylation sites is 2. The number of aromatic nitrogens is 2. The fraction of sp³-hybridized carbons (Fsp3) is 0.0526. The van der Waals surface area contributed by atoms with Crippen LogP contribution in [0.2, 0.25) is 0 Å². The normalized spacial score (nSPS) is 11.7. The van der Waals surface area contributed by atoms with Crippen molar-refractivity contribution in [2.75, 3.05) is 0 Å². The third-order valence-electron chi connectivity index (χ3n) is 3.91. The predicted octanol–water partition coefficient (Wildman–Crippen LogP) is 4.48. The highest BCUT2D eigenvalue weighted by atomic mass is 15.2. The van der Waals surface area contributed by atoms with Crippen molar-refractivity contribution in [3.63, 3.8) is 0 Å². The van der Waals surface area contributed by atoms with E-state index in [0.717, 1.165) is 16.6 Å². The molecule has 0 amide bonds. The Morgan fingerprint density at radius 2 is 1.68 bits per heavy atom. The van der Waals surface area contributed by atoms with Crippen molar-refractivity contribution >= 4 is 34.0 Å². The summed E-state index contributed by atoms with van der Waals surface area (Å²) in [5, 5.41) is 2.42. The third kappa shape index (κ3) is 2.07. The topological polar surface area (TPSA) is 30.2 Å². The Kier molecular flexibility index (Phi) is 2.97. The molecule has 3 heteroatoms. The maximum atomic E-state index is 4.59. The average molecular weight is 285 g/mol. The summed E-state index contributed by atoms with van der Waals surface area (Å²) in [6.07, 6.45) is 1.89. The maximum absolute atomic E-state index is 4.59. The van der Waals surface area contributed by atoms with Crippen LogP contribution in [-0.2, 0) is 7.05 Å². The molecular weight excluding hydrogens is 270 g/mol. The molecular formula is C19H15N3. The first-order valence-electron chi connectivity index (χ1n) is 7.26. The highest BCUT2D eigenvalue weighted by Crippen LogP contribution is 2.21. The zero-order valence-corrected chi connectivity index (χ0v) is 12.3. The van der Waals surface area contributed by atoms with Gasteiger partial charge in [0.25, 0.3) is 0 Å². The zero-order valence-electron chi connectivity index (χ0n) is 12.3. The number of nitrogens with zero attached hydrogens (tertiary/aromatic N) is 3. The van der Waals surface area contributed by atoms with Gasteiger partial charge in [-0.2, -0.15) is 0 Å². The number of benzene rings is 3. The molecule has 0 aliphatic rings. The third-order valence-corrected chi connectivity index (χ3v) is 3.91. The Labute approximate surface area is 128 Å². The minimum atomic E-state index is 0.717. The molecule has 0 saturated carbocycles. The fourth-order valence-electron chi connectivity index (χ4n) is 2.74. The van der Waals surface area contributed by atoms with Crippen molar-refractivity contribution in [1.82, 2.24) is 9.55 Å². The van der Waals surface area contributed by atoms with E-state index in [1.807, 2.05) is 36.0 Å². The zero-order chi connectivity index (χ0) is 14.9. The van der Waals surface area contributed by atoms with Crippen molar-refractivity contribution in [1.29, 1.82) is 0 Å². The lowest BCUT2D eigenvalue weighted by molar-refractivity contribution is 0.945. The summed E-state index contributed by atoms with van der Waals surface area (Å²) in [4.78, 5) is 9.16. The van der Waals surface area contributed by atoms with E-state index in [1.165, 1.54) is 10.8 Å². The van der Waals surface area contributed by atoms with Gasteiger partial charge in [-0.15, -0.1) is 0 Å². The van der Waals surface area contributed by atoms with Gasteiger partial charge in [0.05, 0.1) is 11.0 Å². The van der Waals surface area contributed by atoms with Crippen LogP contribution in [0.25, 0.3) is 21.8 Å². The van der Waals surface area contributed by atoms with Crippen molar-refractivity contribution in [3.05, 3.63) is 72.3 Å². The molecule has 1 aromatic heterocycles. The summed E-state index contributed by atoms with van der Waals surface area (Å²) >= 11 is 0. The summed E-state index contributed by atoms with van der Waals surface area (Å²) in [6.45, 7) is 0. The van der Waals surface area contributed by atoms with Gasteiger partial charge in [0.2, 0.25) is 5.95 Å². The molecule has 0 N–H and O–H groups in total. The van der Waals surface area contributed by atoms with Crippen molar-refractivity contribution in [2.24, 2.45) is 12.0 Å². The number of imidazole rings is 1. The second-order valence-corrected chi connectivity index (χ2v) is 5.29. The first-order chi connectivity index (χ1) is 10.8. The van der Waals surface area contributed by atoms with Crippen LogP contribution in [0.1, 0.15) is 5.56 Å². The van der Waals surface area contributed by atoms with Crippen molar-refractivity contribution in [2.45, 2.75) is 0 Å². The van der Waals surface area contributed by atoms with Crippen LogP contribution in [0.4, 0.5) is 5.95 Å². The van der Waals surface area contributed by atoms with Gasteiger partial charge in [0, 0.05) is 18.8 Å². The second-order valence-electron chi connectivity index (χ2n) is 5.29. The Bertz CT molecular complexity index is 991.